The Bertz CT molecular complexity index is 579. The van der Waals surface area contributed by atoms with Crippen LogP contribution in [-0.2, 0) is 0 Å². The van der Waals surface area contributed by atoms with E-state index < -0.39 is 0 Å². The van der Waals surface area contributed by atoms with Crippen LogP contribution in [0.5, 0.6) is 0 Å². The SMILES string of the molecule is CC1CCC(CNc2ccnc3c(N)cccc23)C1. The maximum Gasteiger partial charge on any atom is 0.0951 e. The quantitative estimate of drug-likeness (QED) is 0.823. The highest BCUT2D eigenvalue weighted by Crippen LogP contribution is 2.31. The van der Waals surface area contributed by atoms with Gasteiger partial charge < -0.3 is 11.1 Å². The second-order valence-corrected chi connectivity index (χ2v) is 5.77. The van der Waals surface area contributed by atoms with Gasteiger partial charge in [0, 0.05) is 23.8 Å². The molecule has 1 aromatic heterocycles. The minimum atomic E-state index is 0.746. The number of aromatic nitrogens is 1. The molecule has 3 N–H and O–H groups in total. The van der Waals surface area contributed by atoms with E-state index >= 15 is 0 Å². The molecule has 1 fully saturated rings. The Kier molecular flexibility index (Phi) is 3.28. The lowest BCUT2D eigenvalue weighted by molar-refractivity contribution is 0.537. The summed E-state index contributed by atoms with van der Waals surface area (Å²) in [7, 11) is 0. The van der Waals surface area contributed by atoms with Crippen molar-refractivity contribution in [2.24, 2.45) is 11.8 Å². The fourth-order valence-corrected chi connectivity index (χ4v) is 3.12. The van der Waals surface area contributed by atoms with Crippen LogP contribution in [0.1, 0.15) is 26.2 Å². The van der Waals surface area contributed by atoms with Gasteiger partial charge in [0.1, 0.15) is 0 Å². The molecular weight excluding hydrogens is 234 g/mol. The van der Waals surface area contributed by atoms with E-state index in [1.807, 2.05) is 24.4 Å². The van der Waals surface area contributed by atoms with Gasteiger partial charge in [0.05, 0.1) is 11.2 Å². The van der Waals surface area contributed by atoms with E-state index in [4.69, 9.17) is 5.73 Å². The zero-order valence-electron chi connectivity index (χ0n) is 11.4. The van der Waals surface area contributed by atoms with Gasteiger partial charge in [-0.1, -0.05) is 25.5 Å². The Morgan fingerprint density at radius 2 is 2.21 bits per heavy atom. The predicted molar refractivity (Wildman–Crippen MR) is 81.2 cm³/mol. The van der Waals surface area contributed by atoms with Crippen LogP contribution in [0.25, 0.3) is 10.9 Å². The summed E-state index contributed by atoms with van der Waals surface area (Å²) >= 11 is 0. The number of hydrogen-bond donors (Lipinski definition) is 2. The first-order valence-corrected chi connectivity index (χ1v) is 7.11. The number of nitrogens with two attached hydrogens (primary N) is 1. The van der Waals surface area contributed by atoms with Crippen LogP contribution in [0.3, 0.4) is 0 Å². The summed E-state index contributed by atoms with van der Waals surface area (Å²) in [4.78, 5) is 4.37. The van der Waals surface area contributed by atoms with Crippen LogP contribution >= 0.6 is 0 Å². The number of rotatable bonds is 3. The first-order chi connectivity index (χ1) is 9.24. The molecule has 2 aromatic rings. The number of nitrogens with one attached hydrogen (secondary N) is 1. The molecule has 0 aliphatic heterocycles. The molecular formula is C16H21N3. The molecule has 1 aromatic carbocycles. The molecule has 3 nitrogen and oxygen atoms in total. The monoisotopic (exact) mass is 255 g/mol. The van der Waals surface area contributed by atoms with Crippen molar-refractivity contribution < 1.29 is 0 Å². The lowest BCUT2D eigenvalue weighted by Crippen LogP contribution is -2.11. The highest BCUT2D eigenvalue weighted by Gasteiger charge is 2.20. The Balaban J connectivity index is 1.79. The molecule has 2 atom stereocenters. The molecule has 0 amide bonds. The minimum absolute atomic E-state index is 0.746. The second kappa shape index (κ2) is 5.08. The molecule has 0 bridgehead atoms. The fraction of sp³-hybridized carbons (Fsp3) is 0.438. The normalized spacial score (nSPS) is 22.8. The smallest absolute Gasteiger partial charge is 0.0951 e. The van der Waals surface area contributed by atoms with Crippen molar-refractivity contribution in [2.45, 2.75) is 26.2 Å². The van der Waals surface area contributed by atoms with Crippen LogP contribution in [0.4, 0.5) is 11.4 Å². The molecule has 0 saturated heterocycles. The van der Waals surface area contributed by atoms with E-state index in [0.717, 1.165) is 40.7 Å². The molecule has 19 heavy (non-hydrogen) atoms. The van der Waals surface area contributed by atoms with Gasteiger partial charge in [-0.15, -0.1) is 0 Å². The number of fused-ring (bicyclic) bond motifs is 1. The summed E-state index contributed by atoms with van der Waals surface area (Å²) in [6.07, 6.45) is 5.90. The molecule has 1 saturated carbocycles. The molecule has 0 spiro atoms. The first-order valence-electron chi connectivity index (χ1n) is 7.11. The van der Waals surface area contributed by atoms with Gasteiger partial charge in [-0.25, -0.2) is 0 Å². The summed E-state index contributed by atoms with van der Waals surface area (Å²) in [5.41, 5.74) is 8.76. The predicted octanol–water partition coefficient (Wildman–Crippen LogP) is 3.67. The number of benzene rings is 1. The Morgan fingerprint density at radius 1 is 1.32 bits per heavy atom. The number of para-hydroxylation sites is 1. The van der Waals surface area contributed by atoms with Crippen LogP contribution in [0, 0.1) is 11.8 Å². The van der Waals surface area contributed by atoms with Crippen LogP contribution in [0.15, 0.2) is 30.5 Å². The summed E-state index contributed by atoms with van der Waals surface area (Å²) in [6.45, 7) is 3.40. The van der Waals surface area contributed by atoms with Gasteiger partial charge >= 0.3 is 0 Å². The van der Waals surface area contributed by atoms with Gasteiger partial charge in [-0.05, 0) is 36.8 Å². The van der Waals surface area contributed by atoms with Crippen molar-refractivity contribution in [3.05, 3.63) is 30.5 Å². The second-order valence-electron chi connectivity index (χ2n) is 5.77. The summed E-state index contributed by atoms with van der Waals surface area (Å²) in [5.74, 6) is 1.69. The van der Waals surface area contributed by atoms with Crippen LogP contribution in [0.2, 0.25) is 0 Å². The fourth-order valence-electron chi connectivity index (χ4n) is 3.12. The van der Waals surface area contributed by atoms with E-state index in [1.165, 1.54) is 19.3 Å². The zero-order valence-corrected chi connectivity index (χ0v) is 11.4. The van der Waals surface area contributed by atoms with Crippen LogP contribution < -0.4 is 11.1 Å². The topological polar surface area (TPSA) is 50.9 Å². The standard InChI is InChI=1S/C16H21N3/c1-11-5-6-12(9-11)10-19-15-7-8-18-16-13(15)3-2-4-14(16)17/h2-4,7-8,11-12H,5-6,9-10,17H2,1H3,(H,18,19). The van der Waals surface area contributed by atoms with E-state index in [-0.39, 0.29) is 0 Å². The average Bonchev–Trinajstić information content (AvgIpc) is 2.83. The van der Waals surface area contributed by atoms with E-state index in [0.29, 0.717) is 0 Å². The number of hydrogen-bond acceptors (Lipinski definition) is 3. The van der Waals surface area contributed by atoms with Crippen molar-refractivity contribution in [3.63, 3.8) is 0 Å². The first kappa shape index (κ1) is 12.3. The van der Waals surface area contributed by atoms with Gasteiger partial charge in [-0.3, -0.25) is 4.98 Å². The van der Waals surface area contributed by atoms with Gasteiger partial charge in [-0.2, -0.15) is 0 Å². The molecule has 1 heterocycles. The zero-order chi connectivity index (χ0) is 13.2. The van der Waals surface area contributed by atoms with Crippen molar-refractivity contribution in [1.29, 1.82) is 0 Å². The molecule has 1 aliphatic carbocycles. The van der Waals surface area contributed by atoms with Crippen molar-refractivity contribution >= 4 is 22.3 Å². The van der Waals surface area contributed by atoms with Crippen molar-refractivity contribution in [3.8, 4) is 0 Å². The summed E-state index contributed by atoms with van der Waals surface area (Å²) < 4.78 is 0. The lowest BCUT2D eigenvalue weighted by Gasteiger charge is -2.14. The number of nitrogens with zero attached hydrogens (tertiary/aromatic N) is 1. The Labute approximate surface area is 114 Å². The molecule has 0 radical (unpaired) electrons. The van der Waals surface area contributed by atoms with Gasteiger partial charge in [0.15, 0.2) is 0 Å². The maximum atomic E-state index is 5.97. The van der Waals surface area contributed by atoms with Crippen LogP contribution in [-0.4, -0.2) is 11.5 Å². The average molecular weight is 255 g/mol. The summed E-state index contributed by atoms with van der Waals surface area (Å²) in [6, 6.07) is 8.01. The maximum absolute atomic E-state index is 5.97. The Hall–Kier alpha value is -1.77. The third kappa shape index (κ3) is 2.50. The third-order valence-corrected chi connectivity index (χ3v) is 4.19. The van der Waals surface area contributed by atoms with E-state index in [9.17, 15) is 0 Å². The number of nitrogen functional groups attached to an aromatic ring is 1. The molecule has 1 aliphatic rings. The van der Waals surface area contributed by atoms with Crippen molar-refractivity contribution in [2.75, 3.05) is 17.6 Å². The van der Waals surface area contributed by atoms with E-state index in [2.05, 4.69) is 23.3 Å². The Morgan fingerprint density at radius 3 is 3.00 bits per heavy atom. The molecule has 2 unspecified atom stereocenters. The van der Waals surface area contributed by atoms with Gasteiger partial charge in [0.25, 0.3) is 0 Å². The van der Waals surface area contributed by atoms with E-state index in [1.54, 1.807) is 0 Å². The third-order valence-electron chi connectivity index (χ3n) is 4.19. The highest BCUT2D eigenvalue weighted by molar-refractivity contribution is 5.97. The van der Waals surface area contributed by atoms with Crippen molar-refractivity contribution in [1.82, 2.24) is 4.98 Å². The summed E-state index contributed by atoms with van der Waals surface area (Å²) in [5, 5.41) is 4.70. The molecule has 100 valence electrons. The minimum Gasteiger partial charge on any atom is -0.397 e. The highest BCUT2D eigenvalue weighted by atomic mass is 14.9. The largest absolute Gasteiger partial charge is 0.397 e. The lowest BCUT2D eigenvalue weighted by atomic mass is 10.1. The molecule has 3 rings (SSSR count). The molecule has 3 heteroatoms. The number of anilines is 2. The van der Waals surface area contributed by atoms with Gasteiger partial charge in [0.2, 0.25) is 0 Å². The number of pyridine rings is 1.